The molecule has 3 unspecified atom stereocenters. The summed E-state index contributed by atoms with van der Waals surface area (Å²) in [4.78, 5) is 32.0. The lowest BCUT2D eigenvalue weighted by molar-refractivity contribution is 0.0611. The Labute approximate surface area is 187 Å². The van der Waals surface area contributed by atoms with Gasteiger partial charge in [-0.2, -0.15) is 0 Å². The lowest BCUT2D eigenvalue weighted by Crippen LogP contribution is -2.48. The molecular formula is C25H38N4O2. The number of benzene rings is 1. The van der Waals surface area contributed by atoms with Gasteiger partial charge in [-0.05, 0) is 57.7 Å². The van der Waals surface area contributed by atoms with Gasteiger partial charge in [-0.25, -0.2) is 4.79 Å². The Morgan fingerprint density at radius 2 is 1.84 bits per heavy atom. The van der Waals surface area contributed by atoms with Crippen LogP contribution < -0.4 is 5.32 Å². The van der Waals surface area contributed by atoms with Crippen molar-refractivity contribution in [2.45, 2.75) is 83.0 Å². The third-order valence-corrected chi connectivity index (χ3v) is 7.63. The summed E-state index contributed by atoms with van der Waals surface area (Å²) in [5.74, 6) is 0.151. The zero-order chi connectivity index (χ0) is 21.8. The van der Waals surface area contributed by atoms with Gasteiger partial charge < -0.3 is 20.0 Å². The van der Waals surface area contributed by atoms with Crippen LogP contribution in [0, 0.1) is 0 Å². The van der Waals surface area contributed by atoms with Crippen molar-refractivity contribution in [2.75, 3.05) is 26.2 Å². The van der Waals surface area contributed by atoms with E-state index in [0.29, 0.717) is 18.1 Å². The molecule has 3 atom stereocenters. The number of nitrogens with one attached hydrogen (secondary N) is 1. The van der Waals surface area contributed by atoms with Crippen LogP contribution in [0.3, 0.4) is 0 Å². The average molecular weight is 427 g/mol. The number of nitrogens with zero attached hydrogens (tertiary/aromatic N) is 3. The van der Waals surface area contributed by atoms with E-state index in [9.17, 15) is 9.59 Å². The fourth-order valence-electron chi connectivity index (χ4n) is 5.81. The molecule has 0 spiro atoms. The van der Waals surface area contributed by atoms with Crippen molar-refractivity contribution in [2.24, 2.45) is 0 Å². The number of fused-ring (bicyclic) bond motifs is 1. The first-order chi connectivity index (χ1) is 15.1. The predicted octanol–water partition coefficient (Wildman–Crippen LogP) is 3.73. The van der Waals surface area contributed by atoms with Crippen LogP contribution in [0.5, 0.6) is 0 Å². The molecule has 3 aliphatic rings. The topological polar surface area (TPSA) is 55.9 Å². The largest absolute Gasteiger partial charge is 0.339 e. The van der Waals surface area contributed by atoms with E-state index in [1.54, 1.807) is 0 Å². The van der Waals surface area contributed by atoms with Gasteiger partial charge in [0.1, 0.15) is 0 Å². The van der Waals surface area contributed by atoms with E-state index in [4.69, 9.17) is 0 Å². The van der Waals surface area contributed by atoms with Crippen molar-refractivity contribution in [3.63, 3.8) is 0 Å². The summed E-state index contributed by atoms with van der Waals surface area (Å²) in [6, 6.07) is 11.3. The summed E-state index contributed by atoms with van der Waals surface area (Å²) in [5.41, 5.74) is 0.784. The highest BCUT2D eigenvalue weighted by atomic mass is 16.2. The molecule has 0 radical (unpaired) electrons. The first-order valence-corrected chi connectivity index (χ1v) is 12.3. The number of carbonyl (C=O) groups is 2. The molecule has 1 aromatic carbocycles. The van der Waals surface area contributed by atoms with Crippen LogP contribution in [0.25, 0.3) is 0 Å². The number of amides is 3. The third kappa shape index (κ3) is 4.89. The quantitative estimate of drug-likeness (QED) is 0.723. The summed E-state index contributed by atoms with van der Waals surface area (Å²) >= 11 is 0. The fraction of sp³-hybridized carbons (Fsp3) is 0.680. The van der Waals surface area contributed by atoms with Crippen molar-refractivity contribution in [3.05, 3.63) is 35.9 Å². The van der Waals surface area contributed by atoms with E-state index in [1.807, 2.05) is 35.2 Å². The second-order valence-electron chi connectivity index (χ2n) is 9.47. The van der Waals surface area contributed by atoms with Crippen molar-refractivity contribution < 1.29 is 9.59 Å². The third-order valence-electron chi connectivity index (χ3n) is 7.63. The monoisotopic (exact) mass is 426 g/mol. The number of carbonyl (C=O) groups excluding carboxylic acids is 2. The van der Waals surface area contributed by atoms with Crippen LogP contribution >= 0.6 is 0 Å². The number of piperidine rings is 1. The molecule has 1 saturated carbocycles. The molecule has 1 aromatic rings. The minimum Gasteiger partial charge on any atom is -0.339 e. The van der Waals surface area contributed by atoms with Crippen LogP contribution in [-0.2, 0) is 0 Å². The molecule has 6 nitrogen and oxygen atoms in total. The van der Waals surface area contributed by atoms with Gasteiger partial charge in [-0.3, -0.25) is 4.79 Å². The molecule has 2 aliphatic heterocycles. The average Bonchev–Trinajstić information content (AvgIpc) is 3.15. The molecule has 3 fully saturated rings. The van der Waals surface area contributed by atoms with Gasteiger partial charge in [0.2, 0.25) is 0 Å². The lowest BCUT2D eigenvalue weighted by Gasteiger charge is -2.39. The predicted molar refractivity (Wildman–Crippen MR) is 123 cm³/mol. The number of likely N-dealkylation sites (tertiary alicyclic amines) is 1. The second-order valence-corrected chi connectivity index (χ2v) is 9.47. The van der Waals surface area contributed by atoms with Crippen molar-refractivity contribution in [3.8, 4) is 0 Å². The van der Waals surface area contributed by atoms with Crippen LogP contribution in [0.15, 0.2) is 30.3 Å². The molecule has 3 amide bonds. The maximum absolute atomic E-state index is 12.7. The summed E-state index contributed by atoms with van der Waals surface area (Å²) < 4.78 is 0. The van der Waals surface area contributed by atoms with Gasteiger partial charge in [-0.1, -0.05) is 38.0 Å². The zero-order valence-electron chi connectivity index (χ0n) is 19.1. The van der Waals surface area contributed by atoms with Crippen molar-refractivity contribution in [1.82, 2.24) is 20.0 Å². The summed E-state index contributed by atoms with van der Waals surface area (Å²) in [6.07, 6.45) is 7.79. The maximum Gasteiger partial charge on any atom is 0.318 e. The Kier molecular flexibility index (Phi) is 7.16. The highest BCUT2D eigenvalue weighted by Gasteiger charge is 2.42. The van der Waals surface area contributed by atoms with Crippen molar-refractivity contribution in [1.29, 1.82) is 0 Å². The highest BCUT2D eigenvalue weighted by molar-refractivity contribution is 5.94. The Bertz CT molecular complexity index is 747. The maximum atomic E-state index is 12.7. The molecule has 170 valence electrons. The molecule has 31 heavy (non-hydrogen) atoms. The highest BCUT2D eigenvalue weighted by Crippen LogP contribution is 2.30. The zero-order valence-corrected chi connectivity index (χ0v) is 19.1. The lowest BCUT2D eigenvalue weighted by atomic mass is 9.90. The molecule has 2 heterocycles. The first kappa shape index (κ1) is 22.1. The number of hydrogen-bond donors (Lipinski definition) is 1. The Balaban J connectivity index is 1.27. The van der Waals surface area contributed by atoms with Gasteiger partial charge >= 0.3 is 6.03 Å². The standard InChI is InChI=1S/C25H38N4O2/c1-3-27(16-13-19(2)29-23-12-8-7-11-22(23)26-25(29)31)21-14-17-28(18-15-21)24(30)20-9-5-4-6-10-20/h4-6,9-10,19,21-23H,3,7-8,11-18H2,1-2H3,(H,26,31). The van der Waals surface area contributed by atoms with Crippen LogP contribution in [-0.4, -0.2) is 77.0 Å². The number of hydrogen-bond acceptors (Lipinski definition) is 3. The van der Waals surface area contributed by atoms with Gasteiger partial charge in [-0.15, -0.1) is 0 Å². The van der Waals surface area contributed by atoms with Crippen LogP contribution in [0.1, 0.15) is 69.2 Å². The Morgan fingerprint density at radius 3 is 2.55 bits per heavy atom. The van der Waals surface area contributed by atoms with Crippen LogP contribution in [0.4, 0.5) is 4.79 Å². The molecule has 6 heteroatoms. The summed E-state index contributed by atoms with van der Waals surface area (Å²) in [6.45, 7) is 8.11. The number of urea groups is 1. The molecule has 2 saturated heterocycles. The molecule has 4 rings (SSSR count). The Hall–Kier alpha value is -2.08. The van der Waals surface area contributed by atoms with E-state index in [2.05, 4.69) is 29.0 Å². The van der Waals surface area contributed by atoms with Gasteiger partial charge in [0.15, 0.2) is 0 Å². The summed E-state index contributed by atoms with van der Waals surface area (Å²) in [7, 11) is 0. The smallest absolute Gasteiger partial charge is 0.318 e. The SMILES string of the molecule is CCN(CCC(C)N1C(=O)NC2CCCCC21)C1CCN(C(=O)c2ccccc2)CC1. The molecule has 0 aromatic heterocycles. The number of rotatable bonds is 7. The van der Waals surface area contributed by atoms with Gasteiger partial charge in [0.05, 0.1) is 12.1 Å². The van der Waals surface area contributed by atoms with Crippen LogP contribution in [0.2, 0.25) is 0 Å². The van der Waals surface area contributed by atoms with Crippen molar-refractivity contribution >= 4 is 11.9 Å². The first-order valence-electron chi connectivity index (χ1n) is 12.3. The molecular weight excluding hydrogens is 388 g/mol. The Morgan fingerprint density at radius 1 is 1.13 bits per heavy atom. The van der Waals surface area contributed by atoms with E-state index in [-0.39, 0.29) is 18.0 Å². The molecule has 0 bridgehead atoms. The molecule has 1 aliphatic carbocycles. The minimum absolute atomic E-state index is 0.139. The van der Waals surface area contributed by atoms with E-state index < -0.39 is 0 Å². The van der Waals surface area contributed by atoms with Gasteiger partial charge in [0.25, 0.3) is 5.91 Å². The van der Waals surface area contributed by atoms with E-state index in [0.717, 1.165) is 63.8 Å². The summed E-state index contributed by atoms with van der Waals surface area (Å²) in [5, 5.41) is 3.22. The minimum atomic E-state index is 0.139. The van der Waals surface area contributed by atoms with E-state index in [1.165, 1.54) is 12.8 Å². The normalized spacial score (nSPS) is 25.5. The van der Waals surface area contributed by atoms with Gasteiger partial charge in [0, 0.05) is 37.3 Å². The molecule has 1 N–H and O–H groups in total. The fourth-order valence-corrected chi connectivity index (χ4v) is 5.81. The second kappa shape index (κ2) is 10.0. The van der Waals surface area contributed by atoms with E-state index >= 15 is 0 Å².